The Morgan fingerprint density at radius 1 is 1.36 bits per heavy atom. The number of alkyl carbamates (subject to hydrolysis) is 1. The molecule has 0 spiro atoms. The van der Waals surface area contributed by atoms with Gasteiger partial charge in [0.05, 0.1) is 18.0 Å². The normalized spacial score (nSPS) is 15.0. The summed E-state index contributed by atoms with van der Waals surface area (Å²) in [4.78, 5) is 11.7. The maximum absolute atomic E-state index is 13.2. The van der Waals surface area contributed by atoms with E-state index < -0.39 is 29.9 Å². The summed E-state index contributed by atoms with van der Waals surface area (Å²) in [6.45, 7) is 3.59. The van der Waals surface area contributed by atoms with E-state index in [1.165, 1.54) is 0 Å². The van der Waals surface area contributed by atoms with Gasteiger partial charge >= 0.3 is 6.09 Å². The van der Waals surface area contributed by atoms with Crippen molar-refractivity contribution in [3.05, 3.63) is 35.4 Å². The van der Waals surface area contributed by atoms with E-state index in [1.807, 2.05) is 6.92 Å². The third kappa shape index (κ3) is 6.15. The number of aliphatic hydroxyl groups excluding tert-OH is 1. The minimum absolute atomic E-state index is 0.0260. The largest absolute Gasteiger partial charge is 0.447 e. The second-order valence-corrected chi connectivity index (χ2v) is 5.39. The number of hydrogen-bond acceptors (Lipinski definition) is 3. The van der Waals surface area contributed by atoms with Crippen LogP contribution >= 0.6 is 11.6 Å². The molecule has 0 aliphatic heterocycles. The predicted octanol–water partition coefficient (Wildman–Crippen LogP) is 3.00. The number of aliphatic hydroxyl groups is 1. The summed E-state index contributed by atoms with van der Waals surface area (Å²) in [6, 6.07) is 2.22. The molecular formula is C15H20ClF2NO3. The highest BCUT2D eigenvalue weighted by atomic mass is 35.5. The maximum atomic E-state index is 13.2. The zero-order valence-corrected chi connectivity index (χ0v) is 13.2. The molecule has 0 fully saturated rings. The lowest BCUT2D eigenvalue weighted by Crippen LogP contribution is -2.46. The molecule has 1 aromatic rings. The van der Waals surface area contributed by atoms with Gasteiger partial charge in [-0.15, -0.1) is 11.6 Å². The lowest BCUT2D eigenvalue weighted by Gasteiger charge is -2.23. The molecule has 1 aromatic carbocycles. The monoisotopic (exact) mass is 335 g/mol. The molecule has 0 radical (unpaired) electrons. The number of amides is 1. The molecular weight excluding hydrogens is 316 g/mol. The lowest BCUT2D eigenvalue weighted by molar-refractivity contribution is 0.0873. The maximum Gasteiger partial charge on any atom is 0.407 e. The number of rotatable bonds is 7. The summed E-state index contributed by atoms with van der Waals surface area (Å²) in [5.74, 6) is -1.58. The number of nitrogens with one attached hydrogen (secondary N) is 1. The minimum Gasteiger partial charge on any atom is -0.447 e. The van der Waals surface area contributed by atoms with Crippen molar-refractivity contribution >= 4 is 17.7 Å². The molecule has 0 heterocycles. The van der Waals surface area contributed by atoms with E-state index >= 15 is 0 Å². The molecule has 0 saturated carbocycles. The highest BCUT2D eigenvalue weighted by Gasteiger charge is 2.23. The molecule has 0 saturated heterocycles. The number of halogens is 3. The van der Waals surface area contributed by atoms with Gasteiger partial charge in [-0.25, -0.2) is 13.6 Å². The van der Waals surface area contributed by atoms with Crippen LogP contribution in [0.1, 0.15) is 25.8 Å². The fourth-order valence-corrected chi connectivity index (χ4v) is 2.04. The third-order valence-corrected chi connectivity index (χ3v) is 3.50. The minimum atomic E-state index is -1.07. The van der Waals surface area contributed by atoms with Gasteiger partial charge in [0, 0.05) is 6.07 Å². The van der Waals surface area contributed by atoms with Crippen molar-refractivity contribution in [1.82, 2.24) is 5.32 Å². The fourth-order valence-electron chi connectivity index (χ4n) is 1.82. The number of benzene rings is 1. The Labute approximate surface area is 133 Å². The van der Waals surface area contributed by atoms with Crippen LogP contribution in [0.5, 0.6) is 0 Å². The molecule has 1 rings (SSSR count). The predicted molar refractivity (Wildman–Crippen MR) is 79.9 cm³/mol. The fraction of sp³-hybridized carbons (Fsp3) is 0.533. The van der Waals surface area contributed by atoms with E-state index in [1.54, 1.807) is 6.92 Å². The lowest BCUT2D eigenvalue weighted by atomic mass is 10.0. The Morgan fingerprint density at radius 2 is 1.95 bits per heavy atom. The van der Waals surface area contributed by atoms with Gasteiger partial charge in [-0.2, -0.15) is 0 Å². The number of ether oxygens (including phenoxy) is 1. The average Bonchev–Trinajstić information content (AvgIpc) is 2.44. The zero-order chi connectivity index (χ0) is 16.7. The van der Waals surface area contributed by atoms with E-state index in [0.29, 0.717) is 12.0 Å². The van der Waals surface area contributed by atoms with Crippen molar-refractivity contribution in [2.75, 3.05) is 5.88 Å². The Hall–Kier alpha value is -1.40. The second-order valence-electron chi connectivity index (χ2n) is 5.08. The first kappa shape index (κ1) is 18.6. The standard InChI is InChI=1S/C15H20ClF2NO3/c1-3-9(2)22-15(21)19-13(14(20)8-16)6-10-4-11(17)7-12(18)5-10/h4-5,7,9,13-14,20H,3,6,8H2,1-2H3,(H,19,21)/t9?,13-,14+/m0/s1. The van der Waals surface area contributed by atoms with Crippen molar-refractivity contribution < 1.29 is 23.4 Å². The van der Waals surface area contributed by atoms with E-state index in [2.05, 4.69) is 5.32 Å². The first-order chi connectivity index (χ1) is 10.3. The van der Waals surface area contributed by atoms with Crippen LogP contribution in [0, 0.1) is 11.6 Å². The van der Waals surface area contributed by atoms with Crippen molar-refractivity contribution in [3.63, 3.8) is 0 Å². The first-order valence-electron chi connectivity index (χ1n) is 7.01. The summed E-state index contributed by atoms with van der Waals surface area (Å²) >= 11 is 5.60. The highest BCUT2D eigenvalue weighted by Crippen LogP contribution is 2.13. The topological polar surface area (TPSA) is 58.6 Å². The van der Waals surface area contributed by atoms with Crippen molar-refractivity contribution in [2.45, 2.75) is 44.9 Å². The molecule has 1 amide bonds. The molecule has 1 unspecified atom stereocenters. The molecule has 0 aliphatic rings. The smallest absolute Gasteiger partial charge is 0.407 e. The van der Waals surface area contributed by atoms with E-state index in [0.717, 1.165) is 18.2 Å². The van der Waals surface area contributed by atoms with E-state index in [9.17, 15) is 18.7 Å². The molecule has 4 nitrogen and oxygen atoms in total. The van der Waals surface area contributed by atoms with Crippen molar-refractivity contribution in [1.29, 1.82) is 0 Å². The average molecular weight is 336 g/mol. The highest BCUT2D eigenvalue weighted by molar-refractivity contribution is 6.18. The molecule has 22 heavy (non-hydrogen) atoms. The zero-order valence-electron chi connectivity index (χ0n) is 12.5. The summed E-state index contributed by atoms with van der Waals surface area (Å²) in [5, 5.41) is 12.3. The van der Waals surface area contributed by atoms with Gasteiger partial charge in [-0.05, 0) is 37.5 Å². The summed E-state index contributed by atoms with van der Waals surface area (Å²) in [5.41, 5.74) is 0.301. The van der Waals surface area contributed by atoms with Gasteiger partial charge in [-0.3, -0.25) is 0 Å². The molecule has 124 valence electrons. The van der Waals surface area contributed by atoms with Gasteiger partial charge in [0.15, 0.2) is 0 Å². The summed E-state index contributed by atoms with van der Waals surface area (Å²) in [6.07, 6.45) is -1.39. The van der Waals surface area contributed by atoms with Gasteiger partial charge in [0.2, 0.25) is 0 Å². The Kier molecular flexibility index (Phi) is 7.55. The van der Waals surface area contributed by atoms with Crippen LogP contribution in [0.3, 0.4) is 0 Å². The van der Waals surface area contributed by atoms with Crippen LogP contribution in [0.25, 0.3) is 0 Å². The number of carbonyl (C=O) groups is 1. The van der Waals surface area contributed by atoms with Gasteiger partial charge in [-0.1, -0.05) is 6.92 Å². The molecule has 0 bridgehead atoms. The van der Waals surface area contributed by atoms with Crippen LogP contribution in [0.4, 0.5) is 13.6 Å². The van der Waals surface area contributed by atoms with Gasteiger partial charge < -0.3 is 15.2 Å². The number of hydrogen-bond donors (Lipinski definition) is 2. The van der Waals surface area contributed by atoms with Crippen LogP contribution in [-0.4, -0.2) is 35.3 Å². The van der Waals surface area contributed by atoms with Crippen molar-refractivity contribution in [3.8, 4) is 0 Å². The first-order valence-corrected chi connectivity index (χ1v) is 7.55. The summed E-state index contributed by atoms with van der Waals surface area (Å²) in [7, 11) is 0. The van der Waals surface area contributed by atoms with Crippen molar-refractivity contribution in [2.24, 2.45) is 0 Å². The third-order valence-electron chi connectivity index (χ3n) is 3.19. The number of alkyl halides is 1. The van der Waals surface area contributed by atoms with Gasteiger partial charge in [0.1, 0.15) is 17.7 Å². The summed E-state index contributed by atoms with van der Waals surface area (Å²) < 4.78 is 31.5. The Morgan fingerprint density at radius 3 is 2.45 bits per heavy atom. The Balaban J connectivity index is 2.78. The van der Waals surface area contributed by atoms with E-state index in [4.69, 9.17) is 16.3 Å². The van der Waals surface area contributed by atoms with Crippen LogP contribution in [-0.2, 0) is 11.2 Å². The molecule has 3 atom stereocenters. The van der Waals surface area contributed by atoms with Gasteiger partial charge in [0.25, 0.3) is 0 Å². The van der Waals surface area contributed by atoms with Crippen LogP contribution in [0.2, 0.25) is 0 Å². The Bertz CT molecular complexity index is 481. The SMILES string of the molecule is CCC(C)OC(=O)N[C@@H](Cc1cc(F)cc(F)c1)[C@H](O)CCl. The second kappa shape index (κ2) is 8.90. The molecule has 0 aromatic heterocycles. The van der Waals surface area contributed by atoms with E-state index in [-0.39, 0.29) is 18.4 Å². The molecule has 7 heteroatoms. The van der Waals surface area contributed by atoms with Crippen LogP contribution in [0.15, 0.2) is 18.2 Å². The quantitative estimate of drug-likeness (QED) is 0.753. The van der Waals surface area contributed by atoms with Crippen LogP contribution < -0.4 is 5.32 Å². The number of carbonyl (C=O) groups excluding carboxylic acids is 1. The molecule has 2 N–H and O–H groups in total. The molecule has 0 aliphatic carbocycles.